The third-order valence-electron chi connectivity index (χ3n) is 3.35. The zero-order valence-corrected chi connectivity index (χ0v) is 13.7. The number of benzene rings is 1. The molecule has 0 saturated heterocycles. The van der Waals surface area contributed by atoms with Crippen LogP contribution in [0, 0.1) is 5.92 Å². The maximum absolute atomic E-state index is 5.19. The molecule has 1 heterocycles. The number of nitrogens with one attached hydrogen (secondary N) is 1. The lowest BCUT2D eigenvalue weighted by molar-refractivity contribution is 0.510. The molecule has 108 valence electrons. The van der Waals surface area contributed by atoms with Crippen molar-refractivity contribution >= 4 is 15.9 Å². The minimum absolute atomic E-state index is 0.446. The van der Waals surface area contributed by atoms with Gasteiger partial charge < -0.3 is 9.73 Å². The van der Waals surface area contributed by atoms with Gasteiger partial charge in [0.1, 0.15) is 0 Å². The summed E-state index contributed by atoms with van der Waals surface area (Å²) in [6.45, 7) is 6.49. The summed E-state index contributed by atoms with van der Waals surface area (Å²) in [7, 11) is 0. The van der Waals surface area contributed by atoms with E-state index in [9.17, 15) is 0 Å². The molecule has 2 aromatic rings. The first kappa shape index (κ1) is 15.3. The summed E-state index contributed by atoms with van der Waals surface area (Å²) in [6.07, 6.45) is 4.57. The van der Waals surface area contributed by atoms with Gasteiger partial charge in [-0.25, -0.2) is 0 Å². The van der Waals surface area contributed by atoms with Crippen LogP contribution in [0.2, 0.25) is 0 Å². The molecule has 1 atom stereocenters. The van der Waals surface area contributed by atoms with Crippen molar-refractivity contribution in [2.75, 3.05) is 13.1 Å². The van der Waals surface area contributed by atoms with Crippen molar-refractivity contribution < 1.29 is 4.42 Å². The van der Waals surface area contributed by atoms with Gasteiger partial charge >= 0.3 is 0 Å². The second-order valence-corrected chi connectivity index (χ2v) is 6.46. The Labute approximate surface area is 129 Å². The van der Waals surface area contributed by atoms with Gasteiger partial charge in [-0.15, -0.1) is 0 Å². The van der Waals surface area contributed by atoms with Crippen LogP contribution in [0.4, 0.5) is 0 Å². The molecule has 1 aromatic heterocycles. The van der Waals surface area contributed by atoms with E-state index >= 15 is 0 Å². The molecular weight excluding hydrogens is 314 g/mol. The number of furan rings is 1. The van der Waals surface area contributed by atoms with E-state index in [1.54, 1.807) is 6.26 Å². The van der Waals surface area contributed by atoms with Crippen LogP contribution >= 0.6 is 15.9 Å². The molecule has 0 spiro atoms. The molecule has 1 unspecified atom stereocenters. The van der Waals surface area contributed by atoms with Gasteiger partial charge in [-0.05, 0) is 42.1 Å². The van der Waals surface area contributed by atoms with Crippen molar-refractivity contribution in [1.82, 2.24) is 5.32 Å². The van der Waals surface area contributed by atoms with Crippen molar-refractivity contribution in [3.05, 3.63) is 58.5 Å². The van der Waals surface area contributed by atoms with Crippen LogP contribution in [0.5, 0.6) is 0 Å². The summed E-state index contributed by atoms with van der Waals surface area (Å²) in [5.74, 6) is 1.12. The van der Waals surface area contributed by atoms with E-state index in [0.717, 1.165) is 19.5 Å². The van der Waals surface area contributed by atoms with Gasteiger partial charge in [0.2, 0.25) is 0 Å². The highest BCUT2D eigenvalue weighted by molar-refractivity contribution is 9.10. The number of rotatable bonds is 7. The molecule has 20 heavy (non-hydrogen) atoms. The lowest BCUT2D eigenvalue weighted by atomic mass is 9.93. The van der Waals surface area contributed by atoms with Crippen molar-refractivity contribution in [3.63, 3.8) is 0 Å². The minimum atomic E-state index is 0.446. The molecule has 0 aliphatic rings. The number of hydrogen-bond acceptors (Lipinski definition) is 2. The lowest BCUT2D eigenvalue weighted by Gasteiger charge is -2.19. The van der Waals surface area contributed by atoms with Crippen LogP contribution in [-0.2, 0) is 6.42 Å². The van der Waals surface area contributed by atoms with E-state index in [1.165, 1.54) is 15.6 Å². The summed E-state index contributed by atoms with van der Waals surface area (Å²) >= 11 is 3.67. The Kier molecular flexibility index (Phi) is 5.86. The standard InChI is InChI=1S/C17H22BrNO/c1-13(2)10-19-11-15(9-14-7-8-20-12-14)16-5-3-4-6-17(16)18/h3-8,12-13,15,19H,9-11H2,1-2H3. The van der Waals surface area contributed by atoms with Crippen LogP contribution < -0.4 is 5.32 Å². The summed E-state index contributed by atoms with van der Waals surface area (Å²) in [5.41, 5.74) is 2.60. The maximum atomic E-state index is 5.19. The molecule has 0 aliphatic carbocycles. The maximum Gasteiger partial charge on any atom is 0.0934 e. The van der Waals surface area contributed by atoms with E-state index in [1.807, 2.05) is 12.3 Å². The molecule has 0 fully saturated rings. The number of halogens is 1. The molecule has 1 N–H and O–H groups in total. The predicted molar refractivity (Wildman–Crippen MR) is 87.0 cm³/mol. The Balaban J connectivity index is 2.09. The fourth-order valence-corrected chi connectivity index (χ4v) is 2.95. The molecule has 0 bridgehead atoms. The number of hydrogen-bond donors (Lipinski definition) is 1. The van der Waals surface area contributed by atoms with Crippen LogP contribution in [0.25, 0.3) is 0 Å². The molecule has 0 radical (unpaired) electrons. The van der Waals surface area contributed by atoms with Crippen molar-refractivity contribution in [3.8, 4) is 0 Å². The highest BCUT2D eigenvalue weighted by Gasteiger charge is 2.15. The average Bonchev–Trinajstić information content (AvgIpc) is 2.91. The second-order valence-electron chi connectivity index (χ2n) is 5.61. The van der Waals surface area contributed by atoms with E-state index < -0.39 is 0 Å². The van der Waals surface area contributed by atoms with Gasteiger partial charge in [-0.1, -0.05) is 48.0 Å². The van der Waals surface area contributed by atoms with Crippen LogP contribution in [0.15, 0.2) is 51.7 Å². The predicted octanol–water partition coefficient (Wildman–Crippen LogP) is 4.61. The van der Waals surface area contributed by atoms with E-state index in [0.29, 0.717) is 11.8 Å². The summed E-state index contributed by atoms with van der Waals surface area (Å²) in [5, 5.41) is 3.57. The molecule has 0 aliphatic heterocycles. The molecule has 2 rings (SSSR count). The Morgan fingerprint density at radius 1 is 1.15 bits per heavy atom. The normalized spacial score (nSPS) is 12.8. The summed E-state index contributed by atoms with van der Waals surface area (Å²) in [4.78, 5) is 0. The Morgan fingerprint density at radius 3 is 2.60 bits per heavy atom. The topological polar surface area (TPSA) is 25.2 Å². The monoisotopic (exact) mass is 335 g/mol. The molecule has 3 heteroatoms. The zero-order valence-electron chi connectivity index (χ0n) is 12.1. The van der Waals surface area contributed by atoms with Gasteiger partial charge in [0.15, 0.2) is 0 Å². The molecule has 0 saturated carbocycles. The van der Waals surface area contributed by atoms with Crippen LogP contribution in [0.3, 0.4) is 0 Å². The zero-order chi connectivity index (χ0) is 14.4. The summed E-state index contributed by atoms with van der Waals surface area (Å²) < 4.78 is 6.37. The second kappa shape index (κ2) is 7.65. The van der Waals surface area contributed by atoms with Crippen molar-refractivity contribution in [1.29, 1.82) is 0 Å². The highest BCUT2D eigenvalue weighted by atomic mass is 79.9. The van der Waals surface area contributed by atoms with E-state index in [-0.39, 0.29) is 0 Å². The Bertz CT molecular complexity index is 507. The van der Waals surface area contributed by atoms with Crippen molar-refractivity contribution in [2.45, 2.75) is 26.2 Å². The largest absolute Gasteiger partial charge is 0.472 e. The third kappa shape index (κ3) is 4.50. The molecule has 2 nitrogen and oxygen atoms in total. The first-order chi connectivity index (χ1) is 9.66. The Hall–Kier alpha value is -1.06. The fraction of sp³-hybridized carbons (Fsp3) is 0.412. The van der Waals surface area contributed by atoms with Crippen molar-refractivity contribution in [2.24, 2.45) is 5.92 Å². The Morgan fingerprint density at radius 2 is 1.95 bits per heavy atom. The lowest BCUT2D eigenvalue weighted by Crippen LogP contribution is -2.26. The fourth-order valence-electron chi connectivity index (χ4n) is 2.34. The van der Waals surface area contributed by atoms with Gasteiger partial charge in [0.05, 0.1) is 12.5 Å². The van der Waals surface area contributed by atoms with Gasteiger partial charge in [-0.2, -0.15) is 0 Å². The SMILES string of the molecule is CC(C)CNCC(Cc1ccoc1)c1ccccc1Br. The van der Waals surface area contributed by atoms with E-state index in [4.69, 9.17) is 4.42 Å². The molecule has 1 aromatic carbocycles. The van der Waals surface area contributed by atoms with Gasteiger partial charge in [0, 0.05) is 16.9 Å². The molecule has 0 amide bonds. The summed E-state index contributed by atoms with van der Waals surface area (Å²) in [6, 6.07) is 10.5. The first-order valence-corrected chi connectivity index (χ1v) is 7.92. The van der Waals surface area contributed by atoms with E-state index in [2.05, 4.69) is 59.4 Å². The van der Waals surface area contributed by atoms with Gasteiger partial charge in [0.25, 0.3) is 0 Å². The highest BCUT2D eigenvalue weighted by Crippen LogP contribution is 2.27. The smallest absolute Gasteiger partial charge is 0.0934 e. The quantitative estimate of drug-likeness (QED) is 0.798. The minimum Gasteiger partial charge on any atom is -0.472 e. The van der Waals surface area contributed by atoms with Crippen LogP contribution in [-0.4, -0.2) is 13.1 Å². The average molecular weight is 336 g/mol. The molecular formula is C17H22BrNO. The van der Waals surface area contributed by atoms with Crippen LogP contribution in [0.1, 0.15) is 30.9 Å². The van der Waals surface area contributed by atoms with Gasteiger partial charge in [-0.3, -0.25) is 0 Å². The third-order valence-corrected chi connectivity index (χ3v) is 4.07. The first-order valence-electron chi connectivity index (χ1n) is 7.13.